The number of phenolic OH excluding ortho intramolecular Hbond substituents is 1. The van der Waals surface area contributed by atoms with Gasteiger partial charge in [0.15, 0.2) is 0 Å². The van der Waals surface area contributed by atoms with Crippen molar-refractivity contribution in [1.29, 1.82) is 0 Å². The molecule has 0 unspecified atom stereocenters. The molecule has 0 saturated carbocycles. The second-order valence-corrected chi connectivity index (χ2v) is 4.90. The second-order valence-electron chi connectivity index (χ2n) is 1.72. The zero-order valence-corrected chi connectivity index (χ0v) is 10.6. The molecule has 1 aromatic carbocycles. The Hall–Kier alpha value is 0.960. The topological polar surface area (TPSA) is 20.2 Å². The lowest BCUT2D eigenvalue weighted by molar-refractivity contribution is 0.471. The van der Waals surface area contributed by atoms with Crippen LogP contribution in [-0.4, -0.2) is 5.11 Å². The lowest BCUT2D eigenvalue weighted by Gasteiger charge is -1.99. The summed E-state index contributed by atoms with van der Waals surface area (Å²) < 4.78 is 2.93. The molecular weight excluding hydrogens is 422 g/mol. The number of benzene rings is 1. The molecule has 0 spiro atoms. The molecule has 4 heteroatoms. The van der Waals surface area contributed by atoms with Crippen LogP contribution in [0.15, 0.2) is 16.6 Å². The minimum absolute atomic E-state index is 0.327. The summed E-state index contributed by atoms with van der Waals surface area (Å²) in [5, 5.41) is 9.18. The molecule has 1 nitrogen and oxygen atoms in total. The van der Waals surface area contributed by atoms with E-state index in [2.05, 4.69) is 61.1 Å². The van der Waals surface area contributed by atoms with Gasteiger partial charge in [-0.1, -0.05) is 0 Å². The first-order chi connectivity index (χ1) is 4.61. The number of aromatic hydroxyl groups is 1. The molecule has 0 bridgehead atoms. The normalized spacial score (nSPS) is 9.90. The molecule has 10 heavy (non-hydrogen) atoms. The summed E-state index contributed by atoms with van der Waals surface area (Å²) in [4.78, 5) is 0. The highest BCUT2D eigenvalue weighted by Crippen LogP contribution is 2.28. The Labute approximate surface area is 94.6 Å². The molecule has 0 fully saturated rings. The van der Waals surface area contributed by atoms with Crippen LogP contribution >= 0.6 is 61.1 Å². The zero-order valence-electron chi connectivity index (χ0n) is 4.74. The van der Waals surface area contributed by atoms with Crippen molar-refractivity contribution in [2.45, 2.75) is 0 Å². The molecule has 1 N–H and O–H groups in total. The van der Waals surface area contributed by atoms with Crippen molar-refractivity contribution < 1.29 is 5.11 Å². The Morgan fingerprint density at radius 1 is 1.20 bits per heavy atom. The van der Waals surface area contributed by atoms with Gasteiger partial charge < -0.3 is 5.11 Å². The van der Waals surface area contributed by atoms with Crippen molar-refractivity contribution >= 4 is 61.1 Å². The van der Waals surface area contributed by atoms with Gasteiger partial charge in [-0.3, -0.25) is 0 Å². The summed E-state index contributed by atoms with van der Waals surface area (Å²) in [5.41, 5.74) is 0. The van der Waals surface area contributed by atoms with E-state index in [0.717, 1.165) is 11.6 Å². The fraction of sp³-hybridized carbons (Fsp3) is 0. The average Bonchev–Trinajstić information content (AvgIpc) is 1.84. The highest BCUT2D eigenvalue weighted by Gasteiger charge is 2.01. The summed E-state index contributed by atoms with van der Waals surface area (Å²) in [7, 11) is 0. The largest absolute Gasteiger partial charge is 0.507 e. The van der Waals surface area contributed by atoms with Gasteiger partial charge in [0.2, 0.25) is 0 Å². The van der Waals surface area contributed by atoms with Gasteiger partial charge in [0.1, 0.15) is 5.75 Å². The van der Waals surface area contributed by atoms with Crippen LogP contribution in [0.4, 0.5) is 0 Å². The highest BCUT2D eigenvalue weighted by atomic mass is 127. The predicted octanol–water partition coefficient (Wildman–Crippen LogP) is 3.36. The molecule has 0 amide bonds. The first kappa shape index (κ1) is 9.05. The van der Waals surface area contributed by atoms with Crippen LogP contribution in [0, 0.1) is 7.14 Å². The van der Waals surface area contributed by atoms with Gasteiger partial charge in [0.05, 0.1) is 3.57 Å². The monoisotopic (exact) mass is 424 g/mol. The van der Waals surface area contributed by atoms with Crippen molar-refractivity contribution in [3.05, 3.63) is 23.7 Å². The molecule has 54 valence electrons. The minimum Gasteiger partial charge on any atom is -0.507 e. The summed E-state index contributed by atoms with van der Waals surface area (Å²) >= 11 is 7.60. The molecular formula is C6H3BrI2O. The van der Waals surface area contributed by atoms with Crippen LogP contribution in [0.3, 0.4) is 0 Å². The van der Waals surface area contributed by atoms with Crippen molar-refractivity contribution in [1.82, 2.24) is 0 Å². The van der Waals surface area contributed by atoms with E-state index in [0.29, 0.717) is 5.75 Å². The molecule has 1 rings (SSSR count). The first-order valence-corrected chi connectivity index (χ1v) is 5.40. The van der Waals surface area contributed by atoms with Crippen molar-refractivity contribution in [3.8, 4) is 5.75 Å². The Kier molecular flexibility index (Phi) is 3.23. The fourth-order valence-electron chi connectivity index (χ4n) is 0.512. The third-order valence-corrected chi connectivity index (χ3v) is 4.14. The van der Waals surface area contributed by atoms with Crippen LogP contribution in [0.5, 0.6) is 5.75 Å². The number of hydrogen-bond donors (Lipinski definition) is 1. The number of phenols is 1. The Morgan fingerprint density at radius 3 is 2.30 bits per heavy atom. The molecule has 0 heterocycles. The van der Waals surface area contributed by atoms with E-state index in [9.17, 15) is 5.11 Å². The predicted molar refractivity (Wildman–Crippen MR) is 61.2 cm³/mol. The van der Waals surface area contributed by atoms with Crippen LogP contribution in [0.25, 0.3) is 0 Å². The van der Waals surface area contributed by atoms with Crippen molar-refractivity contribution in [2.75, 3.05) is 0 Å². The third kappa shape index (κ3) is 1.97. The van der Waals surface area contributed by atoms with E-state index in [1.807, 2.05) is 6.07 Å². The molecule has 0 aromatic heterocycles. The van der Waals surface area contributed by atoms with E-state index in [1.54, 1.807) is 6.07 Å². The summed E-state index contributed by atoms with van der Waals surface area (Å²) in [6.45, 7) is 0. The van der Waals surface area contributed by atoms with Gasteiger partial charge in [0.25, 0.3) is 0 Å². The second kappa shape index (κ2) is 3.57. The average molecular weight is 425 g/mol. The van der Waals surface area contributed by atoms with Crippen LogP contribution in [-0.2, 0) is 0 Å². The lowest BCUT2D eigenvalue weighted by atomic mass is 10.3. The van der Waals surface area contributed by atoms with E-state index in [4.69, 9.17) is 0 Å². The van der Waals surface area contributed by atoms with E-state index < -0.39 is 0 Å². The van der Waals surface area contributed by atoms with E-state index in [-0.39, 0.29) is 0 Å². The van der Waals surface area contributed by atoms with E-state index >= 15 is 0 Å². The molecule has 0 aliphatic rings. The number of rotatable bonds is 0. The summed E-state index contributed by atoms with van der Waals surface area (Å²) in [6, 6.07) is 3.62. The quantitative estimate of drug-likeness (QED) is 0.500. The standard InChI is InChI=1S/C6H3BrI2O/c7-3-1-6(10)5(9)2-4(3)8/h1-2,10H. The first-order valence-electron chi connectivity index (χ1n) is 2.45. The highest BCUT2D eigenvalue weighted by molar-refractivity contribution is 14.1. The van der Waals surface area contributed by atoms with Gasteiger partial charge >= 0.3 is 0 Å². The van der Waals surface area contributed by atoms with Crippen molar-refractivity contribution in [3.63, 3.8) is 0 Å². The Morgan fingerprint density at radius 2 is 1.80 bits per heavy atom. The Balaban J connectivity index is 3.28. The molecule has 0 aliphatic heterocycles. The maximum absolute atomic E-state index is 9.18. The zero-order chi connectivity index (χ0) is 7.72. The Bertz CT molecular complexity index is 212. The third-order valence-electron chi connectivity index (χ3n) is 0.990. The van der Waals surface area contributed by atoms with Crippen LogP contribution < -0.4 is 0 Å². The maximum Gasteiger partial charge on any atom is 0.130 e. The van der Waals surface area contributed by atoms with Gasteiger partial charge in [0, 0.05) is 8.04 Å². The van der Waals surface area contributed by atoms with Gasteiger partial charge in [-0.2, -0.15) is 0 Å². The number of hydrogen-bond acceptors (Lipinski definition) is 1. The minimum atomic E-state index is 0.327. The SMILES string of the molecule is Oc1cc(Br)c(I)cc1I. The molecule has 0 radical (unpaired) electrons. The van der Waals surface area contributed by atoms with Crippen LogP contribution in [0.1, 0.15) is 0 Å². The van der Waals surface area contributed by atoms with Gasteiger partial charge in [-0.05, 0) is 73.2 Å². The summed E-state index contributed by atoms with van der Waals surface area (Å²) in [5.74, 6) is 0.327. The smallest absolute Gasteiger partial charge is 0.130 e. The van der Waals surface area contributed by atoms with E-state index in [1.165, 1.54) is 0 Å². The summed E-state index contributed by atoms with van der Waals surface area (Å²) in [6.07, 6.45) is 0. The molecule has 0 saturated heterocycles. The molecule has 1 aromatic rings. The van der Waals surface area contributed by atoms with Crippen LogP contribution in [0.2, 0.25) is 0 Å². The fourth-order valence-corrected chi connectivity index (χ4v) is 2.37. The van der Waals surface area contributed by atoms with Crippen molar-refractivity contribution in [2.24, 2.45) is 0 Å². The maximum atomic E-state index is 9.18. The molecule has 0 aliphatic carbocycles. The lowest BCUT2D eigenvalue weighted by Crippen LogP contribution is -1.78. The molecule has 0 atom stereocenters. The van der Waals surface area contributed by atoms with Gasteiger partial charge in [-0.15, -0.1) is 0 Å². The van der Waals surface area contributed by atoms with Gasteiger partial charge in [-0.25, -0.2) is 0 Å². The number of halogens is 3.